The first-order valence-electron chi connectivity index (χ1n) is 8.30. The first-order chi connectivity index (χ1) is 12.9. The Morgan fingerprint density at radius 3 is 2.22 bits per heavy atom. The Morgan fingerprint density at radius 1 is 0.926 bits per heavy atom. The molecule has 0 atom stereocenters. The van der Waals surface area contributed by atoms with Gasteiger partial charge in [-0.2, -0.15) is 0 Å². The van der Waals surface area contributed by atoms with Crippen LogP contribution in [0.2, 0.25) is 0 Å². The van der Waals surface area contributed by atoms with Gasteiger partial charge in [0.05, 0.1) is 22.6 Å². The minimum atomic E-state index is -3.78. The molecule has 2 aromatic carbocycles. The second-order valence-electron chi connectivity index (χ2n) is 6.09. The van der Waals surface area contributed by atoms with E-state index in [-0.39, 0.29) is 6.54 Å². The van der Waals surface area contributed by atoms with E-state index in [1.54, 1.807) is 36.4 Å². The van der Waals surface area contributed by atoms with Gasteiger partial charge in [-0.05, 0) is 24.3 Å². The average molecular weight is 388 g/mol. The molecular weight excluding hydrogens is 372 g/mol. The van der Waals surface area contributed by atoms with Gasteiger partial charge in [-0.25, -0.2) is 8.42 Å². The standard InChI is InChI=1S/C18H16N2O6S/c21-17-13-3-1-2-4-14(13)18(22)20(17)7-10-27(23,24)19-12-5-6-15-16(11-12)26-9-8-25-15/h1-6,11,19H,7-10H2. The van der Waals surface area contributed by atoms with Gasteiger partial charge in [-0.1, -0.05) is 12.1 Å². The summed E-state index contributed by atoms with van der Waals surface area (Å²) in [6.07, 6.45) is 0. The summed E-state index contributed by atoms with van der Waals surface area (Å²) in [5.74, 6) is -0.361. The Labute approximate surface area is 155 Å². The SMILES string of the molecule is O=C1c2ccccc2C(=O)N1CCS(=O)(=O)Nc1ccc2c(c1)OCCO2. The molecule has 0 saturated heterocycles. The van der Waals surface area contributed by atoms with Crippen molar-refractivity contribution in [3.63, 3.8) is 0 Å². The Balaban J connectivity index is 1.44. The zero-order valence-electron chi connectivity index (χ0n) is 14.2. The molecule has 2 aromatic rings. The van der Waals surface area contributed by atoms with E-state index in [0.717, 1.165) is 4.90 Å². The summed E-state index contributed by atoms with van der Waals surface area (Å²) in [5.41, 5.74) is 0.904. The molecule has 140 valence electrons. The fraction of sp³-hybridized carbons (Fsp3) is 0.222. The lowest BCUT2D eigenvalue weighted by atomic mass is 10.1. The van der Waals surface area contributed by atoms with Gasteiger partial charge in [0.25, 0.3) is 11.8 Å². The number of anilines is 1. The topological polar surface area (TPSA) is 102 Å². The van der Waals surface area contributed by atoms with Gasteiger partial charge in [-0.3, -0.25) is 19.2 Å². The number of ether oxygens (including phenoxy) is 2. The second kappa shape index (κ2) is 6.58. The molecule has 27 heavy (non-hydrogen) atoms. The monoisotopic (exact) mass is 388 g/mol. The molecule has 2 heterocycles. The van der Waals surface area contributed by atoms with E-state index in [4.69, 9.17) is 9.47 Å². The number of amides is 2. The first kappa shape index (κ1) is 17.3. The van der Waals surface area contributed by atoms with Crippen LogP contribution in [0.25, 0.3) is 0 Å². The molecule has 9 heteroatoms. The number of hydrogen-bond donors (Lipinski definition) is 1. The minimum Gasteiger partial charge on any atom is -0.486 e. The second-order valence-corrected chi connectivity index (χ2v) is 7.93. The van der Waals surface area contributed by atoms with E-state index in [9.17, 15) is 18.0 Å². The largest absolute Gasteiger partial charge is 0.486 e. The highest BCUT2D eigenvalue weighted by Crippen LogP contribution is 2.33. The molecule has 2 aliphatic heterocycles. The Bertz CT molecular complexity index is 999. The fourth-order valence-corrected chi connectivity index (χ4v) is 4.00. The van der Waals surface area contributed by atoms with E-state index in [1.807, 2.05) is 0 Å². The van der Waals surface area contributed by atoms with Crippen LogP contribution in [0.1, 0.15) is 20.7 Å². The minimum absolute atomic E-state index is 0.230. The van der Waals surface area contributed by atoms with Crippen LogP contribution in [-0.4, -0.2) is 50.6 Å². The van der Waals surface area contributed by atoms with Crippen LogP contribution >= 0.6 is 0 Å². The first-order valence-corrected chi connectivity index (χ1v) is 9.95. The highest BCUT2D eigenvalue weighted by atomic mass is 32.2. The summed E-state index contributed by atoms with van der Waals surface area (Å²) in [6, 6.07) is 11.1. The van der Waals surface area contributed by atoms with Crippen LogP contribution < -0.4 is 14.2 Å². The molecule has 4 rings (SSSR count). The van der Waals surface area contributed by atoms with E-state index >= 15 is 0 Å². The molecule has 0 radical (unpaired) electrons. The van der Waals surface area contributed by atoms with Crippen molar-refractivity contribution < 1.29 is 27.5 Å². The number of sulfonamides is 1. The van der Waals surface area contributed by atoms with Crippen LogP contribution in [0.15, 0.2) is 42.5 Å². The quantitative estimate of drug-likeness (QED) is 0.779. The van der Waals surface area contributed by atoms with Crippen LogP contribution in [0, 0.1) is 0 Å². The van der Waals surface area contributed by atoms with E-state index in [2.05, 4.69) is 4.72 Å². The molecule has 0 aliphatic carbocycles. The number of carbonyl (C=O) groups excluding carboxylic acids is 2. The molecule has 2 aliphatic rings. The van der Waals surface area contributed by atoms with E-state index in [1.165, 1.54) is 6.07 Å². The third-order valence-corrected chi connectivity index (χ3v) is 5.54. The van der Waals surface area contributed by atoms with E-state index < -0.39 is 27.6 Å². The van der Waals surface area contributed by atoms with Crippen molar-refractivity contribution in [1.82, 2.24) is 4.90 Å². The third-order valence-electron chi connectivity index (χ3n) is 4.28. The van der Waals surface area contributed by atoms with Crippen LogP contribution in [0.5, 0.6) is 11.5 Å². The molecule has 0 spiro atoms. The normalized spacial score (nSPS) is 15.6. The summed E-state index contributed by atoms with van der Waals surface area (Å²) in [7, 11) is -3.78. The van der Waals surface area contributed by atoms with Crippen molar-refractivity contribution in [1.29, 1.82) is 0 Å². The number of fused-ring (bicyclic) bond motifs is 2. The molecule has 8 nitrogen and oxygen atoms in total. The van der Waals surface area contributed by atoms with Crippen molar-refractivity contribution >= 4 is 27.5 Å². The Kier molecular flexibility index (Phi) is 4.23. The van der Waals surface area contributed by atoms with Gasteiger partial charge < -0.3 is 9.47 Å². The number of imide groups is 1. The Hall–Kier alpha value is -3.07. The lowest BCUT2D eigenvalue weighted by Crippen LogP contribution is -2.35. The number of carbonyl (C=O) groups is 2. The average Bonchev–Trinajstić information content (AvgIpc) is 2.90. The highest BCUT2D eigenvalue weighted by molar-refractivity contribution is 7.92. The molecule has 0 aromatic heterocycles. The van der Waals surface area contributed by atoms with E-state index in [0.29, 0.717) is 41.5 Å². The molecule has 2 amide bonds. The van der Waals surface area contributed by atoms with Crippen molar-refractivity contribution in [2.75, 3.05) is 30.2 Å². The van der Waals surface area contributed by atoms with Gasteiger partial charge in [0.2, 0.25) is 10.0 Å². The lowest BCUT2D eigenvalue weighted by Gasteiger charge is -2.19. The van der Waals surface area contributed by atoms with Gasteiger partial charge in [-0.15, -0.1) is 0 Å². The predicted octanol–water partition coefficient (Wildman–Crippen LogP) is 1.50. The fourth-order valence-electron chi connectivity index (χ4n) is 2.99. The molecule has 1 N–H and O–H groups in total. The predicted molar refractivity (Wildman–Crippen MR) is 96.7 cm³/mol. The van der Waals surface area contributed by atoms with Gasteiger partial charge in [0.1, 0.15) is 13.2 Å². The van der Waals surface area contributed by atoms with Gasteiger partial charge in [0, 0.05) is 12.6 Å². The van der Waals surface area contributed by atoms with Crippen molar-refractivity contribution in [2.45, 2.75) is 0 Å². The summed E-state index contributed by atoms with van der Waals surface area (Å²) in [5, 5.41) is 0. The highest BCUT2D eigenvalue weighted by Gasteiger charge is 2.35. The molecule has 0 fully saturated rings. The van der Waals surface area contributed by atoms with Crippen LogP contribution in [0.4, 0.5) is 5.69 Å². The molecular formula is C18H16N2O6S. The van der Waals surface area contributed by atoms with Crippen molar-refractivity contribution in [3.05, 3.63) is 53.6 Å². The number of hydrogen-bond acceptors (Lipinski definition) is 6. The molecule has 0 bridgehead atoms. The zero-order chi connectivity index (χ0) is 19.0. The number of rotatable bonds is 5. The summed E-state index contributed by atoms with van der Waals surface area (Å²) >= 11 is 0. The van der Waals surface area contributed by atoms with Gasteiger partial charge in [0.15, 0.2) is 11.5 Å². The van der Waals surface area contributed by atoms with Gasteiger partial charge >= 0.3 is 0 Å². The lowest BCUT2D eigenvalue weighted by molar-refractivity contribution is 0.0664. The summed E-state index contributed by atoms with van der Waals surface area (Å²) in [4.78, 5) is 25.6. The summed E-state index contributed by atoms with van der Waals surface area (Å²) in [6.45, 7) is 0.605. The number of nitrogens with one attached hydrogen (secondary N) is 1. The number of benzene rings is 2. The smallest absolute Gasteiger partial charge is 0.261 e. The third kappa shape index (κ3) is 3.33. The Morgan fingerprint density at radius 2 is 1.56 bits per heavy atom. The molecule has 0 unspecified atom stereocenters. The molecule has 0 saturated carbocycles. The zero-order valence-corrected chi connectivity index (χ0v) is 15.0. The maximum Gasteiger partial charge on any atom is 0.261 e. The van der Waals surface area contributed by atoms with Crippen LogP contribution in [-0.2, 0) is 10.0 Å². The van der Waals surface area contributed by atoms with Crippen LogP contribution in [0.3, 0.4) is 0 Å². The maximum atomic E-state index is 12.4. The van der Waals surface area contributed by atoms with Crippen molar-refractivity contribution in [3.8, 4) is 11.5 Å². The van der Waals surface area contributed by atoms with Crippen molar-refractivity contribution in [2.24, 2.45) is 0 Å². The number of nitrogens with zero attached hydrogens (tertiary/aromatic N) is 1. The summed E-state index contributed by atoms with van der Waals surface area (Å²) < 4.78 is 38.0. The maximum absolute atomic E-state index is 12.4.